The van der Waals surface area contributed by atoms with Crippen LogP contribution in [0.2, 0.25) is 0 Å². The Balaban J connectivity index is 1.75. The predicted molar refractivity (Wildman–Crippen MR) is 56.1 cm³/mol. The molecule has 0 bridgehead atoms. The number of ether oxygens (including phenoxy) is 1. The molecule has 1 aliphatic rings. The molecule has 2 rings (SSSR count). The first-order chi connectivity index (χ1) is 7.88. The standard InChI is InChI=1S/C10H17N3O3/c14-6-2-9-11-10(16-12-9)1-3-13-4-7-15-8-5-13/h14H,1-8H2. The second-order valence-electron chi connectivity index (χ2n) is 3.78. The maximum absolute atomic E-state index is 8.72. The molecule has 1 N–H and O–H groups in total. The van der Waals surface area contributed by atoms with E-state index in [1.807, 2.05) is 0 Å². The Morgan fingerprint density at radius 2 is 2.06 bits per heavy atom. The van der Waals surface area contributed by atoms with E-state index in [0.29, 0.717) is 18.1 Å². The first-order valence-corrected chi connectivity index (χ1v) is 5.61. The molecule has 2 heterocycles. The summed E-state index contributed by atoms with van der Waals surface area (Å²) in [6, 6.07) is 0. The zero-order valence-electron chi connectivity index (χ0n) is 9.26. The summed E-state index contributed by atoms with van der Waals surface area (Å²) < 4.78 is 10.3. The highest BCUT2D eigenvalue weighted by atomic mass is 16.5. The van der Waals surface area contributed by atoms with E-state index in [-0.39, 0.29) is 6.61 Å². The maximum atomic E-state index is 8.72. The minimum Gasteiger partial charge on any atom is -0.396 e. The molecule has 16 heavy (non-hydrogen) atoms. The van der Waals surface area contributed by atoms with Crippen molar-refractivity contribution in [2.45, 2.75) is 12.8 Å². The molecular weight excluding hydrogens is 210 g/mol. The molecule has 90 valence electrons. The lowest BCUT2D eigenvalue weighted by Gasteiger charge is -2.25. The molecule has 0 radical (unpaired) electrons. The van der Waals surface area contributed by atoms with E-state index in [2.05, 4.69) is 15.0 Å². The molecule has 1 aromatic rings. The summed E-state index contributed by atoms with van der Waals surface area (Å²) in [6.45, 7) is 4.53. The van der Waals surface area contributed by atoms with Gasteiger partial charge in [0.25, 0.3) is 0 Å². The highest BCUT2D eigenvalue weighted by molar-refractivity contribution is 4.87. The first kappa shape index (κ1) is 11.5. The number of hydrogen-bond donors (Lipinski definition) is 1. The third-order valence-electron chi connectivity index (χ3n) is 2.59. The summed E-state index contributed by atoms with van der Waals surface area (Å²) in [5, 5.41) is 12.5. The molecule has 0 amide bonds. The van der Waals surface area contributed by atoms with Crippen LogP contribution < -0.4 is 0 Å². The zero-order chi connectivity index (χ0) is 11.2. The molecule has 6 nitrogen and oxygen atoms in total. The fourth-order valence-electron chi connectivity index (χ4n) is 1.67. The Labute approximate surface area is 94.2 Å². The van der Waals surface area contributed by atoms with E-state index in [0.717, 1.165) is 39.3 Å². The van der Waals surface area contributed by atoms with Crippen LogP contribution in [0.15, 0.2) is 4.52 Å². The zero-order valence-corrected chi connectivity index (χ0v) is 9.26. The molecule has 0 aromatic carbocycles. The number of nitrogens with zero attached hydrogens (tertiary/aromatic N) is 3. The SMILES string of the molecule is OCCc1noc(CCN2CCOCC2)n1. The van der Waals surface area contributed by atoms with Crippen molar-refractivity contribution in [3.05, 3.63) is 11.7 Å². The highest BCUT2D eigenvalue weighted by Gasteiger charge is 2.12. The van der Waals surface area contributed by atoms with Gasteiger partial charge in [0.1, 0.15) is 0 Å². The molecule has 1 saturated heterocycles. The Bertz CT molecular complexity index is 310. The van der Waals surface area contributed by atoms with E-state index < -0.39 is 0 Å². The topological polar surface area (TPSA) is 71.6 Å². The van der Waals surface area contributed by atoms with Crippen LogP contribution in [0.5, 0.6) is 0 Å². The maximum Gasteiger partial charge on any atom is 0.227 e. The third kappa shape index (κ3) is 3.26. The summed E-state index contributed by atoms with van der Waals surface area (Å²) in [4.78, 5) is 6.51. The average molecular weight is 227 g/mol. The highest BCUT2D eigenvalue weighted by Crippen LogP contribution is 2.02. The smallest absolute Gasteiger partial charge is 0.227 e. The summed E-state index contributed by atoms with van der Waals surface area (Å²) in [5.74, 6) is 1.23. The normalized spacial score (nSPS) is 17.8. The molecule has 1 fully saturated rings. The minimum absolute atomic E-state index is 0.0580. The van der Waals surface area contributed by atoms with E-state index >= 15 is 0 Å². The number of aliphatic hydroxyl groups is 1. The first-order valence-electron chi connectivity index (χ1n) is 5.61. The van der Waals surface area contributed by atoms with Gasteiger partial charge in [0.2, 0.25) is 5.89 Å². The Hall–Kier alpha value is -0.980. The van der Waals surface area contributed by atoms with Crippen molar-refractivity contribution in [1.82, 2.24) is 15.0 Å². The molecule has 1 aromatic heterocycles. The van der Waals surface area contributed by atoms with Crippen LogP contribution in [0.25, 0.3) is 0 Å². The second-order valence-corrected chi connectivity index (χ2v) is 3.78. The lowest BCUT2D eigenvalue weighted by molar-refractivity contribution is 0.0375. The second kappa shape index (κ2) is 5.93. The van der Waals surface area contributed by atoms with Crippen molar-refractivity contribution in [2.24, 2.45) is 0 Å². The molecule has 0 spiro atoms. The van der Waals surface area contributed by atoms with Crippen LogP contribution in [0.1, 0.15) is 11.7 Å². The van der Waals surface area contributed by atoms with E-state index in [1.165, 1.54) is 0 Å². The fourth-order valence-corrected chi connectivity index (χ4v) is 1.67. The quantitative estimate of drug-likeness (QED) is 0.729. The van der Waals surface area contributed by atoms with Crippen LogP contribution in [0, 0.1) is 0 Å². The molecule has 0 unspecified atom stereocenters. The lowest BCUT2D eigenvalue weighted by Crippen LogP contribution is -2.37. The van der Waals surface area contributed by atoms with Gasteiger partial charge in [0.15, 0.2) is 5.82 Å². The third-order valence-corrected chi connectivity index (χ3v) is 2.59. The Morgan fingerprint density at radius 1 is 1.25 bits per heavy atom. The van der Waals surface area contributed by atoms with Gasteiger partial charge in [-0.25, -0.2) is 0 Å². The Morgan fingerprint density at radius 3 is 2.81 bits per heavy atom. The van der Waals surface area contributed by atoms with E-state index in [9.17, 15) is 0 Å². The molecule has 6 heteroatoms. The monoisotopic (exact) mass is 227 g/mol. The van der Waals surface area contributed by atoms with Crippen molar-refractivity contribution in [3.63, 3.8) is 0 Å². The lowest BCUT2D eigenvalue weighted by atomic mass is 10.3. The molecule has 0 aliphatic carbocycles. The van der Waals surface area contributed by atoms with Crippen LogP contribution in [-0.2, 0) is 17.6 Å². The van der Waals surface area contributed by atoms with E-state index in [4.69, 9.17) is 14.4 Å². The van der Waals surface area contributed by atoms with Gasteiger partial charge in [0, 0.05) is 32.5 Å². The number of aliphatic hydroxyl groups excluding tert-OH is 1. The van der Waals surface area contributed by atoms with Crippen LogP contribution >= 0.6 is 0 Å². The van der Waals surface area contributed by atoms with Gasteiger partial charge in [-0.3, -0.25) is 4.90 Å². The van der Waals surface area contributed by atoms with Crippen LogP contribution in [0.4, 0.5) is 0 Å². The fraction of sp³-hybridized carbons (Fsp3) is 0.800. The summed E-state index contributed by atoms with van der Waals surface area (Å²) in [5.41, 5.74) is 0. The van der Waals surface area contributed by atoms with Crippen LogP contribution in [0.3, 0.4) is 0 Å². The van der Waals surface area contributed by atoms with Gasteiger partial charge in [-0.15, -0.1) is 0 Å². The van der Waals surface area contributed by atoms with Gasteiger partial charge in [0.05, 0.1) is 19.8 Å². The van der Waals surface area contributed by atoms with Gasteiger partial charge < -0.3 is 14.4 Å². The number of hydrogen-bond acceptors (Lipinski definition) is 6. The number of morpholine rings is 1. The summed E-state index contributed by atoms with van der Waals surface area (Å²) >= 11 is 0. The van der Waals surface area contributed by atoms with Gasteiger partial charge >= 0.3 is 0 Å². The largest absolute Gasteiger partial charge is 0.396 e. The molecule has 0 atom stereocenters. The van der Waals surface area contributed by atoms with Crippen molar-refractivity contribution in [3.8, 4) is 0 Å². The minimum atomic E-state index is 0.0580. The molecule has 0 saturated carbocycles. The van der Waals surface area contributed by atoms with E-state index in [1.54, 1.807) is 0 Å². The van der Waals surface area contributed by atoms with Gasteiger partial charge in [-0.2, -0.15) is 4.98 Å². The molecule has 1 aliphatic heterocycles. The average Bonchev–Trinajstić information content (AvgIpc) is 2.76. The Kier molecular flexibility index (Phi) is 4.26. The van der Waals surface area contributed by atoms with Crippen molar-refractivity contribution in [1.29, 1.82) is 0 Å². The number of rotatable bonds is 5. The van der Waals surface area contributed by atoms with Crippen molar-refractivity contribution in [2.75, 3.05) is 39.5 Å². The van der Waals surface area contributed by atoms with Crippen molar-refractivity contribution >= 4 is 0 Å². The summed E-state index contributed by atoms with van der Waals surface area (Å²) in [6.07, 6.45) is 1.22. The van der Waals surface area contributed by atoms with Crippen molar-refractivity contribution < 1.29 is 14.4 Å². The van der Waals surface area contributed by atoms with Crippen LogP contribution in [-0.4, -0.2) is 59.6 Å². The van der Waals surface area contributed by atoms with Gasteiger partial charge in [-0.1, -0.05) is 5.16 Å². The predicted octanol–water partition coefficient (Wildman–Crippen LogP) is -0.521. The molecular formula is C10H17N3O3. The van der Waals surface area contributed by atoms with Gasteiger partial charge in [-0.05, 0) is 0 Å². The summed E-state index contributed by atoms with van der Waals surface area (Å²) in [7, 11) is 0. The number of aromatic nitrogens is 2.